The third-order valence-electron chi connectivity index (χ3n) is 3.00. The topological polar surface area (TPSA) is 59.4 Å². The first-order chi connectivity index (χ1) is 9.52. The first kappa shape index (κ1) is 14.5. The van der Waals surface area contributed by atoms with Crippen LogP contribution < -0.4 is 4.74 Å². The number of hydrogen-bond acceptors (Lipinski definition) is 4. The van der Waals surface area contributed by atoms with Gasteiger partial charge in [0.05, 0.1) is 5.01 Å². The molecule has 1 aromatic heterocycles. The predicted octanol–water partition coefficient (Wildman–Crippen LogP) is 3.60. The Morgan fingerprint density at radius 1 is 1.35 bits per heavy atom. The molecule has 2 rings (SSSR count). The number of aromatic carboxylic acids is 1. The molecule has 106 valence electrons. The number of benzene rings is 1. The van der Waals surface area contributed by atoms with E-state index in [1.54, 1.807) is 0 Å². The minimum Gasteiger partial charge on any atom is -0.487 e. The van der Waals surface area contributed by atoms with Gasteiger partial charge >= 0.3 is 5.97 Å². The summed E-state index contributed by atoms with van der Waals surface area (Å²) in [4.78, 5) is 15.8. The lowest BCUT2D eigenvalue weighted by Gasteiger charge is -2.11. The maximum Gasteiger partial charge on any atom is 0.347 e. The van der Waals surface area contributed by atoms with Crippen LogP contribution in [0.2, 0.25) is 0 Å². The Morgan fingerprint density at radius 3 is 2.55 bits per heavy atom. The zero-order chi connectivity index (χ0) is 14.7. The van der Waals surface area contributed by atoms with Crippen molar-refractivity contribution < 1.29 is 14.6 Å². The largest absolute Gasteiger partial charge is 0.487 e. The molecule has 0 unspecified atom stereocenters. The lowest BCUT2D eigenvalue weighted by Crippen LogP contribution is -2.04. The molecule has 0 saturated carbocycles. The molecule has 2 aromatic rings. The first-order valence-corrected chi connectivity index (χ1v) is 7.25. The van der Waals surface area contributed by atoms with Crippen LogP contribution in [-0.4, -0.2) is 16.1 Å². The highest BCUT2D eigenvalue weighted by molar-refractivity contribution is 7.13. The van der Waals surface area contributed by atoms with Crippen molar-refractivity contribution in [1.29, 1.82) is 0 Å². The summed E-state index contributed by atoms with van der Waals surface area (Å²) in [6.07, 6.45) is 0.730. The van der Waals surface area contributed by atoms with Gasteiger partial charge in [-0.2, -0.15) is 0 Å². The second-order valence-corrected chi connectivity index (χ2v) is 5.64. The SMILES string of the molecule is CCc1nc(COc2c(C)cccc2C)c(C(=O)O)s1. The third kappa shape index (κ3) is 2.99. The minimum atomic E-state index is -0.942. The van der Waals surface area contributed by atoms with Gasteiger partial charge in [-0.15, -0.1) is 11.3 Å². The molecule has 0 bridgehead atoms. The van der Waals surface area contributed by atoms with E-state index >= 15 is 0 Å². The number of thiazole rings is 1. The summed E-state index contributed by atoms with van der Waals surface area (Å²) in [7, 11) is 0. The van der Waals surface area contributed by atoms with E-state index in [9.17, 15) is 9.90 Å². The molecular weight excluding hydrogens is 274 g/mol. The van der Waals surface area contributed by atoms with Crippen LogP contribution in [0, 0.1) is 13.8 Å². The number of rotatable bonds is 5. The summed E-state index contributed by atoms with van der Waals surface area (Å²) in [6.45, 7) is 6.09. The van der Waals surface area contributed by atoms with Crippen LogP contribution >= 0.6 is 11.3 Å². The molecule has 0 radical (unpaired) electrons. The zero-order valence-corrected chi connectivity index (χ0v) is 12.6. The number of nitrogens with zero attached hydrogens (tertiary/aromatic N) is 1. The van der Waals surface area contributed by atoms with Gasteiger partial charge in [0.15, 0.2) is 0 Å². The summed E-state index contributed by atoms with van der Waals surface area (Å²) in [5, 5.41) is 10.0. The van der Waals surface area contributed by atoms with E-state index in [0.29, 0.717) is 5.69 Å². The molecule has 1 heterocycles. The number of para-hydroxylation sites is 1. The Hall–Kier alpha value is -1.88. The average molecular weight is 291 g/mol. The van der Waals surface area contributed by atoms with Crippen LogP contribution in [-0.2, 0) is 13.0 Å². The summed E-state index contributed by atoms with van der Waals surface area (Å²) in [5.41, 5.74) is 2.57. The van der Waals surface area contributed by atoms with Gasteiger partial charge in [-0.25, -0.2) is 9.78 Å². The first-order valence-electron chi connectivity index (χ1n) is 6.43. The molecule has 5 heteroatoms. The molecule has 0 fully saturated rings. The highest BCUT2D eigenvalue weighted by Gasteiger charge is 2.17. The van der Waals surface area contributed by atoms with Crippen LogP contribution in [0.1, 0.15) is 38.4 Å². The minimum absolute atomic E-state index is 0.184. The van der Waals surface area contributed by atoms with E-state index in [0.717, 1.165) is 28.3 Å². The van der Waals surface area contributed by atoms with Crippen LogP contribution in [0.25, 0.3) is 0 Å². The Balaban J connectivity index is 2.22. The number of aryl methyl sites for hydroxylation is 3. The Bertz CT molecular complexity index is 614. The molecular formula is C15H17NO3S. The second-order valence-electron chi connectivity index (χ2n) is 4.55. The number of hydrogen-bond donors (Lipinski definition) is 1. The van der Waals surface area contributed by atoms with Crippen molar-refractivity contribution in [3.63, 3.8) is 0 Å². The molecule has 1 aromatic carbocycles. The highest BCUT2D eigenvalue weighted by Crippen LogP contribution is 2.25. The van der Waals surface area contributed by atoms with E-state index in [4.69, 9.17) is 4.74 Å². The van der Waals surface area contributed by atoms with Crippen molar-refractivity contribution >= 4 is 17.3 Å². The summed E-state index contributed by atoms with van der Waals surface area (Å²) >= 11 is 1.22. The molecule has 0 atom stereocenters. The monoisotopic (exact) mass is 291 g/mol. The molecule has 1 N–H and O–H groups in total. The van der Waals surface area contributed by atoms with Gasteiger partial charge in [0.25, 0.3) is 0 Å². The fourth-order valence-corrected chi connectivity index (χ4v) is 2.83. The van der Waals surface area contributed by atoms with Gasteiger partial charge < -0.3 is 9.84 Å². The maximum absolute atomic E-state index is 11.2. The molecule has 0 aliphatic rings. The van der Waals surface area contributed by atoms with Crippen molar-refractivity contribution in [1.82, 2.24) is 4.98 Å². The Labute approximate surface area is 122 Å². The van der Waals surface area contributed by atoms with Gasteiger partial charge in [0, 0.05) is 0 Å². The van der Waals surface area contributed by atoms with Gasteiger partial charge in [-0.05, 0) is 31.4 Å². The van der Waals surface area contributed by atoms with Crippen molar-refractivity contribution in [2.45, 2.75) is 33.8 Å². The van der Waals surface area contributed by atoms with Gasteiger partial charge in [-0.1, -0.05) is 25.1 Å². The smallest absolute Gasteiger partial charge is 0.347 e. The standard InChI is InChI=1S/C15H17NO3S/c1-4-12-16-11(14(20-12)15(17)18)8-19-13-9(2)6-5-7-10(13)3/h5-7H,4,8H2,1-3H3,(H,17,18). The van der Waals surface area contributed by atoms with E-state index < -0.39 is 5.97 Å². The molecule has 0 amide bonds. The average Bonchev–Trinajstić information content (AvgIpc) is 2.82. The van der Waals surface area contributed by atoms with Crippen molar-refractivity contribution in [3.05, 3.63) is 44.9 Å². The van der Waals surface area contributed by atoms with E-state index in [-0.39, 0.29) is 11.5 Å². The fraction of sp³-hybridized carbons (Fsp3) is 0.333. The maximum atomic E-state index is 11.2. The van der Waals surface area contributed by atoms with Gasteiger partial charge in [0.1, 0.15) is 22.9 Å². The quantitative estimate of drug-likeness (QED) is 0.914. The van der Waals surface area contributed by atoms with Gasteiger partial charge in [-0.3, -0.25) is 0 Å². The summed E-state index contributed by atoms with van der Waals surface area (Å²) in [5.74, 6) is -0.141. The second kappa shape index (κ2) is 6.05. The van der Waals surface area contributed by atoms with Gasteiger partial charge in [0.2, 0.25) is 0 Å². The zero-order valence-electron chi connectivity index (χ0n) is 11.8. The number of carboxylic acid groups (broad SMARTS) is 1. The molecule has 0 aliphatic heterocycles. The Kier molecular flexibility index (Phi) is 4.39. The van der Waals surface area contributed by atoms with E-state index in [2.05, 4.69) is 4.98 Å². The lowest BCUT2D eigenvalue weighted by atomic mass is 10.1. The molecule has 20 heavy (non-hydrogen) atoms. The van der Waals surface area contributed by atoms with Crippen molar-refractivity contribution in [2.24, 2.45) is 0 Å². The summed E-state index contributed by atoms with van der Waals surface area (Å²) in [6, 6.07) is 5.91. The van der Waals surface area contributed by atoms with Crippen LogP contribution in [0.3, 0.4) is 0 Å². The fourth-order valence-electron chi connectivity index (χ4n) is 1.98. The normalized spacial score (nSPS) is 10.6. The van der Waals surface area contributed by atoms with E-state index in [1.165, 1.54) is 11.3 Å². The number of aromatic nitrogens is 1. The molecule has 0 spiro atoms. The van der Waals surface area contributed by atoms with E-state index in [1.807, 2.05) is 39.0 Å². The molecule has 0 aliphatic carbocycles. The van der Waals surface area contributed by atoms with Crippen LogP contribution in [0.15, 0.2) is 18.2 Å². The molecule has 0 saturated heterocycles. The number of carbonyl (C=O) groups is 1. The number of ether oxygens (including phenoxy) is 1. The molecule has 4 nitrogen and oxygen atoms in total. The third-order valence-corrected chi connectivity index (χ3v) is 4.23. The predicted molar refractivity (Wildman–Crippen MR) is 78.7 cm³/mol. The highest BCUT2D eigenvalue weighted by atomic mass is 32.1. The van der Waals surface area contributed by atoms with Crippen molar-refractivity contribution in [2.75, 3.05) is 0 Å². The lowest BCUT2D eigenvalue weighted by molar-refractivity contribution is 0.0699. The Morgan fingerprint density at radius 2 is 2.00 bits per heavy atom. The summed E-state index contributed by atoms with van der Waals surface area (Å²) < 4.78 is 5.78. The number of carboxylic acids is 1. The van der Waals surface area contributed by atoms with Crippen molar-refractivity contribution in [3.8, 4) is 5.75 Å². The van der Waals surface area contributed by atoms with Crippen LogP contribution in [0.5, 0.6) is 5.75 Å². The van der Waals surface area contributed by atoms with Crippen LogP contribution in [0.4, 0.5) is 0 Å².